The standard InChI is InChI=1S/C5H8N4O2.ClH/c1-9-2-3(7-8-9)4(6)5(10)11;/h2,4H,6H2,1H3,(H,10,11);1H. The zero-order chi connectivity index (χ0) is 8.43. The molecule has 1 unspecified atom stereocenters. The van der Waals surface area contributed by atoms with Crippen LogP contribution in [0.5, 0.6) is 0 Å². The molecule has 7 heteroatoms. The minimum absolute atomic E-state index is 0. The Bertz CT molecular complexity index is 274. The highest BCUT2D eigenvalue weighted by Gasteiger charge is 2.16. The van der Waals surface area contributed by atoms with E-state index in [1.165, 1.54) is 10.9 Å². The van der Waals surface area contributed by atoms with Crippen LogP contribution in [0, 0.1) is 0 Å². The Kier molecular flexibility index (Phi) is 3.65. The summed E-state index contributed by atoms with van der Waals surface area (Å²) in [6.45, 7) is 0. The van der Waals surface area contributed by atoms with Crippen molar-refractivity contribution in [1.29, 1.82) is 0 Å². The number of nitrogens with two attached hydrogens (primary N) is 1. The van der Waals surface area contributed by atoms with Crippen LogP contribution in [0.3, 0.4) is 0 Å². The van der Waals surface area contributed by atoms with Crippen LogP contribution >= 0.6 is 12.4 Å². The van der Waals surface area contributed by atoms with Gasteiger partial charge in [-0.1, -0.05) is 5.21 Å². The first-order valence-corrected chi connectivity index (χ1v) is 2.96. The Balaban J connectivity index is 0.00000121. The molecule has 0 aliphatic rings. The lowest BCUT2D eigenvalue weighted by Crippen LogP contribution is -2.20. The average molecular weight is 193 g/mol. The number of aliphatic carboxylic acids is 1. The largest absolute Gasteiger partial charge is 0.480 e. The van der Waals surface area contributed by atoms with Crippen molar-refractivity contribution in [3.05, 3.63) is 11.9 Å². The fourth-order valence-corrected chi connectivity index (χ4v) is 0.634. The van der Waals surface area contributed by atoms with Gasteiger partial charge < -0.3 is 10.8 Å². The maximum Gasteiger partial charge on any atom is 0.326 e. The molecule has 0 spiro atoms. The maximum absolute atomic E-state index is 10.3. The number of aryl methyl sites for hydroxylation is 1. The van der Waals surface area contributed by atoms with Gasteiger partial charge in [0.1, 0.15) is 11.7 Å². The van der Waals surface area contributed by atoms with E-state index in [4.69, 9.17) is 10.8 Å². The van der Waals surface area contributed by atoms with Crippen molar-refractivity contribution in [2.45, 2.75) is 6.04 Å². The smallest absolute Gasteiger partial charge is 0.326 e. The van der Waals surface area contributed by atoms with Gasteiger partial charge in [0, 0.05) is 7.05 Å². The summed E-state index contributed by atoms with van der Waals surface area (Å²) in [5.41, 5.74) is 5.50. The van der Waals surface area contributed by atoms with Crippen LogP contribution in [0.15, 0.2) is 6.20 Å². The summed E-state index contributed by atoms with van der Waals surface area (Å²) in [5.74, 6) is -1.11. The average Bonchev–Trinajstić information content (AvgIpc) is 2.34. The molecule has 1 rings (SSSR count). The van der Waals surface area contributed by atoms with E-state index < -0.39 is 12.0 Å². The van der Waals surface area contributed by atoms with E-state index >= 15 is 0 Å². The molecule has 3 N–H and O–H groups in total. The number of aromatic nitrogens is 3. The van der Waals surface area contributed by atoms with Crippen LogP contribution < -0.4 is 5.73 Å². The molecule has 1 aromatic heterocycles. The Hall–Kier alpha value is -1.14. The number of carboxylic acid groups (broad SMARTS) is 1. The molecule has 0 saturated carbocycles. The SMILES string of the molecule is Cl.Cn1cc(C(N)C(=O)O)nn1. The Morgan fingerprint density at radius 3 is 2.75 bits per heavy atom. The summed E-state index contributed by atoms with van der Waals surface area (Å²) in [4.78, 5) is 10.3. The van der Waals surface area contributed by atoms with Gasteiger partial charge in [0.15, 0.2) is 0 Å². The Morgan fingerprint density at radius 2 is 2.42 bits per heavy atom. The molecule has 6 nitrogen and oxygen atoms in total. The van der Waals surface area contributed by atoms with Crippen molar-refractivity contribution < 1.29 is 9.90 Å². The van der Waals surface area contributed by atoms with Gasteiger partial charge in [0.05, 0.1) is 6.20 Å². The van der Waals surface area contributed by atoms with Crippen LogP contribution in [0.1, 0.15) is 11.7 Å². The van der Waals surface area contributed by atoms with Crippen LogP contribution in [0.2, 0.25) is 0 Å². The molecule has 0 radical (unpaired) electrons. The summed E-state index contributed by atoms with van der Waals surface area (Å²) in [7, 11) is 1.64. The second-order valence-corrected chi connectivity index (χ2v) is 2.13. The van der Waals surface area contributed by atoms with Gasteiger partial charge in [0.2, 0.25) is 0 Å². The van der Waals surface area contributed by atoms with Crippen LogP contribution in [0.25, 0.3) is 0 Å². The monoisotopic (exact) mass is 192 g/mol. The van der Waals surface area contributed by atoms with Gasteiger partial charge in [-0.2, -0.15) is 0 Å². The van der Waals surface area contributed by atoms with E-state index in [0.29, 0.717) is 0 Å². The van der Waals surface area contributed by atoms with E-state index in [9.17, 15) is 4.79 Å². The molecule has 0 fully saturated rings. The van der Waals surface area contributed by atoms with E-state index in [2.05, 4.69) is 10.3 Å². The molecular formula is C5H9ClN4O2. The van der Waals surface area contributed by atoms with Gasteiger partial charge in [-0.15, -0.1) is 17.5 Å². The van der Waals surface area contributed by atoms with E-state index in [0.717, 1.165) is 0 Å². The predicted molar refractivity (Wildman–Crippen MR) is 42.8 cm³/mol. The molecule has 1 atom stereocenters. The first-order chi connectivity index (χ1) is 5.11. The normalized spacial score (nSPS) is 11.8. The molecule has 1 aromatic rings. The molecule has 12 heavy (non-hydrogen) atoms. The van der Waals surface area contributed by atoms with Crippen molar-refractivity contribution in [3.63, 3.8) is 0 Å². The quantitative estimate of drug-likeness (QED) is 0.648. The molecule has 0 bridgehead atoms. The topological polar surface area (TPSA) is 94.0 Å². The number of rotatable bonds is 2. The second kappa shape index (κ2) is 4.03. The van der Waals surface area contributed by atoms with Gasteiger partial charge in [0.25, 0.3) is 0 Å². The number of nitrogens with zero attached hydrogens (tertiary/aromatic N) is 3. The highest BCUT2D eigenvalue weighted by Crippen LogP contribution is 2.03. The van der Waals surface area contributed by atoms with Crippen molar-refractivity contribution in [3.8, 4) is 0 Å². The van der Waals surface area contributed by atoms with Crippen molar-refractivity contribution in [2.75, 3.05) is 0 Å². The molecule has 0 saturated heterocycles. The zero-order valence-corrected chi connectivity index (χ0v) is 7.15. The van der Waals surface area contributed by atoms with Gasteiger partial charge in [-0.3, -0.25) is 9.48 Å². The lowest BCUT2D eigenvalue weighted by molar-refractivity contribution is -0.138. The molecule has 0 amide bonds. The molecular weight excluding hydrogens is 184 g/mol. The first kappa shape index (κ1) is 10.9. The summed E-state index contributed by atoms with van der Waals surface area (Å²) in [6, 6.07) is -1.08. The molecule has 0 aliphatic carbocycles. The number of halogens is 1. The minimum Gasteiger partial charge on any atom is -0.480 e. The molecule has 68 valence electrons. The minimum atomic E-state index is -1.11. The lowest BCUT2D eigenvalue weighted by atomic mass is 10.2. The third-order valence-electron chi connectivity index (χ3n) is 1.21. The lowest BCUT2D eigenvalue weighted by Gasteiger charge is -1.98. The number of carbonyl (C=O) groups is 1. The highest BCUT2D eigenvalue weighted by molar-refractivity contribution is 5.85. The van der Waals surface area contributed by atoms with Crippen molar-refractivity contribution >= 4 is 18.4 Å². The third kappa shape index (κ3) is 2.18. The fourth-order valence-electron chi connectivity index (χ4n) is 0.634. The van der Waals surface area contributed by atoms with E-state index in [-0.39, 0.29) is 18.1 Å². The predicted octanol–water partition coefficient (Wildman–Crippen LogP) is -0.679. The van der Waals surface area contributed by atoms with Gasteiger partial charge in [-0.05, 0) is 0 Å². The van der Waals surface area contributed by atoms with E-state index in [1.54, 1.807) is 7.05 Å². The zero-order valence-electron chi connectivity index (χ0n) is 6.34. The van der Waals surface area contributed by atoms with Gasteiger partial charge in [-0.25, -0.2) is 0 Å². The molecule has 1 heterocycles. The van der Waals surface area contributed by atoms with Crippen LogP contribution in [-0.4, -0.2) is 26.1 Å². The Morgan fingerprint density at radius 1 is 1.83 bits per heavy atom. The summed E-state index contributed by atoms with van der Waals surface area (Å²) >= 11 is 0. The summed E-state index contributed by atoms with van der Waals surface area (Å²) < 4.78 is 1.40. The highest BCUT2D eigenvalue weighted by atomic mass is 35.5. The maximum atomic E-state index is 10.3. The Labute approximate surface area is 74.8 Å². The number of carboxylic acids is 1. The summed E-state index contributed by atoms with van der Waals surface area (Å²) in [5, 5.41) is 15.5. The van der Waals surface area contributed by atoms with E-state index in [1.807, 2.05) is 0 Å². The molecule has 0 aliphatic heterocycles. The number of hydrogen-bond donors (Lipinski definition) is 2. The molecule has 0 aromatic carbocycles. The van der Waals surface area contributed by atoms with Crippen LogP contribution in [-0.2, 0) is 11.8 Å². The number of hydrogen-bond acceptors (Lipinski definition) is 4. The van der Waals surface area contributed by atoms with Crippen LogP contribution in [0.4, 0.5) is 0 Å². The van der Waals surface area contributed by atoms with Crippen molar-refractivity contribution in [2.24, 2.45) is 12.8 Å². The third-order valence-corrected chi connectivity index (χ3v) is 1.21. The van der Waals surface area contributed by atoms with Crippen molar-refractivity contribution in [1.82, 2.24) is 15.0 Å². The second-order valence-electron chi connectivity index (χ2n) is 2.13. The first-order valence-electron chi connectivity index (χ1n) is 2.96. The van der Waals surface area contributed by atoms with Gasteiger partial charge >= 0.3 is 5.97 Å². The summed E-state index contributed by atoms with van der Waals surface area (Å²) in [6.07, 6.45) is 1.47. The fraction of sp³-hybridized carbons (Fsp3) is 0.400.